The van der Waals surface area contributed by atoms with Crippen LogP contribution in [0.1, 0.15) is 10.4 Å². The fraction of sp³-hybridized carbons (Fsp3) is 0.167. The molecule has 0 aliphatic heterocycles. The third-order valence-corrected chi connectivity index (χ3v) is 2.01. The summed E-state index contributed by atoms with van der Waals surface area (Å²) in [5.41, 5.74) is 0.953. The number of nitrogens with zero attached hydrogens (tertiary/aromatic N) is 1. The molecule has 0 heterocycles. The van der Waals surface area contributed by atoms with Gasteiger partial charge in [0.05, 0.1) is 11.3 Å². The first kappa shape index (κ1) is 12.0. The highest BCUT2D eigenvalue weighted by molar-refractivity contribution is 6.06. The fourth-order valence-corrected chi connectivity index (χ4v) is 1.20. The molecule has 1 aromatic rings. The number of amides is 2. The molecule has 0 radical (unpaired) electrons. The molecule has 0 unspecified atom stereocenters. The molecule has 84 valence electrons. The van der Waals surface area contributed by atoms with E-state index in [1.807, 2.05) is 0 Å². The van der Waals surface area contributed by atoms with Gasteiger partial charge in [-0.25, -0.2) is 0 Å². The molecule has 4 heteroatoms. The molecule has 16 heavy (non-hydrogen) atoms. The number of benzene rings is 1. The summed E-state index contributed by atoms with van der Waals surface area (Å²) in [7, 11) is 3.32. The van der Waals surface area contributed by atoms with E-state index < -0.39 is 0 Å². The van der Waals surface area contributed by atoms with Crippen LogP contribution in [0.15, 0.2) is 36.9 Å². The summed E-state index contributed by atoms with van der Waals surface area (Å²) >= 11 is 0. The second-order valence-electron chi connectivity index (χ2n) is 3.44. The van der Waals surface area contributed by atoms with Crippen molar-refractivity contribution in [3.05, 3.63) is 42.5 Å². The Bertz CT molecular complexity index is 425. The average Bonchev–Trinajstić information content (AvgIpc) is 2.28. The Labute approximate surface area is 94.6 Å². The smallest absolute Gasteiger partial charge is 0.255 e. The van der Waals surface area contributed by atoms with E-state index in [4.69, 9.17) is 0 Å². The molecular weight excluding hydrogens is 204 g/mol. The van der Waals surface area contributed by atoms with Crippen LogP contribution in [0.2, 0.25) is 0 Å². The molecule has 2 amide bonds. The summed E-state index contributed by atoms with van der Waals surface area (Å²) in [5.74, 6) is -0.487. The van der Waals surface area contributed by atoms with E-state index in [1.54, 1.807) is 38.4 Å². The van der Waals surface area contributed by atoms with E-state index in [1.165, 1.54) is 4.90 Å². The van der Waals surface area contributed by atoms with Gasteiger partial charge in [0.1, 0.15) is 0 Å². The predicted octanol–water partition coefficient (Wildman–Crippen LogP) is 1.51. The monoisotopic (exact) mass is 218 g/mol. The summed E-state index contributed by atoms with van der Waals surface area (Å²) in [6, 6.07) is 6.85. The van der Waals surface area contributed by atoms with E-state index in [2.05, 4.69) is 11.9 Å². The van der Waals surface area contributed by atoms with E-state index in [0.717, 1.165) is 6.08 Å². The van der Waals surface area contributed by atoms with Gasteiger partial charge in [-0.1, -0.05) is 18.7 Å². The number of carbonyl (C=O) groups excluding carboxylic acids is 2. The van der Waals surface area contributed by atoms with E-state index >= 15 is 0 Å². The third-order valence-electron chi connectivity index (χ3n) is 2.01. The average molecular weight is 218 g/mol. The molecule has 0 bridgehead atoms. The highest BCUT2D eigenvalue weighted by Crippen LogP contribution is 2.16. The lowest BCUT2D eigenvalue weighted by Gasteiger charge is -2.13. The lowest BCUT2D eigenvalue weighted by Crippen LogP contribution is -2.23. The lowest BCUT2D eigenvalue weighted by molar-refractivity contribution is -0.111. The van der Waals surface area contributed by atoms with Crippen LogP contribution in [0.25, 0.3) is 0 Å². The molecule has 0 saturated carbocycles. The van der Waals surface area contributed by atoms with Crippen LogP contribution in [0.5, 0.6) is 0 Å². The Morgan fingerprint density at radius 2 is 1.94 bits per heavy atom. The molecule has 1 rings (SSSR count). The Balaban J connectivity index is 3.05. The Kier molecular flexibility index (Phi) is 3.83. The summed E-state index contributed by atoms with van der Waals surface area (Å²) in [6.07, 6.45) is 1.16. The number of hydrogen-bond donors (Lipinski definition) is 1. The number of hydrogen-bond acceptors (Lipinski definition) is 2. The van der Waals surface area contributed by atoms with Crippen molar-refractivity contribution in [3.8, 4) is 0 Å². The number of anilines is 1. The quantitative estimate of drug-likeness (QED) is 0.782. The molecule has 0 fully saturated rings. The Hall–Kier alpha value is -2.10. The maximum atomic E-state index is 11.8. The molecule has 0 atom stereocenters. The Morgan fingerprint density at radius 1 is 1.31 bits per heavy atom. The highest BCUT2D eigenvalue weighted by atomic mass is 16.2. The van der Waals surface area contributed by atoms with Crippen LogP contribution in [-0.4, -0.2) is 30.8 Å². The van der Waals surface area contributed by atoms with Crippen molar-refractivity contribution < 1.29 is 9.59 Å². The minimum absolute atomic E-state index is 0.153. The first-order chi connectivity index (χ1) is 7.56. The van der Waals surface area contributed by atoms with Crippen molar-refractivity contribution in [3.63, 3.8) is 0 Å². The predicted molar refractivity (Wildman–Crippen MR) is 63.3 cm³/mol. The number of rotatable bonds is 3. The van der Waals surface area contributed by atoms with Gasteiger partial charge in [0.25, 0.3) is 5.91 Å². The second kappa shape index (κ2) is 5.11. The van der Waals surface area contributed by atoms with Gasteiger partial charge >= 0.3 is 0 Å². The zero-order chi connectivity index (χ0) is 12.1. The molecule has 0 aromatic heterocycles. The molecular formula is C12H14N2O2. The van der Waals surface area contributed by atoms with Crippen molar-refractivity contribution in [1.82, 2.24) is 4.90 Å². The van der Waals surface area contributed by atoms with Gasteiger partial charge in [-0.2, -0.15) is 0 Å². The van der Waals surface area contributed by atoms with Gasteiger partial charge in [0, 0.05) is 14.1 Å². The largest absolute Gasteiger partial charge is 0.345 e. The van der Waals surface area contributed by atoms with Crippen LogP contribution >= 0.6 is 0 Å². The maximum Gasteiger partial charge on any atom is 0.255 e. The molecule has 0 aliphatic rings. The van der Waals surface area contributed by atoms with Gasteiger partial charge in [-0.05, 0) is 18.2 Å². The van der Waals surface area contributed by atoms with Crippen molar-refractivity contribution >= 4 is 17.5 Å². The first-order valence-electron chi connectivity index (χ1n) is 4.80. The maximum absolute atomic E-state index is 11.8. The zero-order valence-corrected chi connectivity index (χ0v) is 9.36. The van der Waals surface area contributed by atoms with Crippen LogP contribution < -0.4 is 5.32 Å². The number of nitrogens with one attached hydrogen (secondary N) is 1. The molecule has 0 spiro atoms. The van der Waals surface area contributed by atoms with Crippen molar-refractivity contribution in [2.75, 3.05) is 19.4 Å². The van der Waals surface area contributed by atoms with Gasteiger partial charge in [-0.3, -0.25) is 9.59 Å². The first-order valence-corrected chi connectivity index (χ1v) is 4.80. The van der Waals surface area contributed by atoms with Crippen molar-refractivity contribution in [1.29, 1.82) is 0 Å². The molecule has 0 aliphatic carbocycles. The van der Waals surface area contributed by atoms with E-state index in [0.29, 0.717) is 11.3 Å². The minimum Gasteiger partial charge on any atom is -0.345 e. The summed E-state index contributed by atoms with van der Waals surface area (Å²) in [4.78, 5) is 24.4. The standard InChI is InChI=1S/C12H14N2O2/c1-4-11(15)13-10-8-6-5-7-9(10)12(16)14(2)3/h4-8H,1H2,2-3H3,(H,13,15). The van der Waals surface area contributed by atoms with Crippen LogP contribution in [0.3, 0.4) is 0 Å². The van der Waals surface area contributed by atoms with Gasteiger partial charge in [-0.15, -0.1) is 0 Å². The third kappa shape index (κ3) is 2.70. The lowest BCUT2D eigenvalue weighted by atomic mass is 10.1. The highest BCUT2D eigenvalue weighted by Gasteiger charge is 2.13. The molecule has 0 saturated heterocycles. The Morgan fingerprint density at radius 3 is 2.50 bits per heavy atom. The number of carbonyl (C=O) groups is 2. The van der Waals surface area contributed by atoms with Gasteiger partial charge < -0.3 is 10.2 Å². The molecule has 4 nitrogen and oxygen atoms in total. The zero-order valence-electron chi connectivity index (χ0n) is 9.36. The molecule has 1 aromatic carbocycles. The number of para-hydroxylation sites is 1. The SMILES string of the molecule is C=CC(=O)Nc1ccccc1C(=O)N(C)C. The van der Waals surface area contributed by atoms with Gasteiger partial charge in [0.2, 0.25) is 5.91 Å². The van der Waals surface area contributed by atoms with Crippen molar-refractivity contribution in [2.24, 2.45) is 0 Å². The fourth-order valence-electron chi connectivity index (χ4n) is 1.20. The van der Waals surface area contributed by atoms with Gasteiger partial charge in [0.15, 0.2) is 0 Å². The van der Waals surface area contributed by atoms with Crippen LogP contribution in [0, 0.1) is 0 Å². The van der Waals surface area contributed by atoms with E-state index in [9.17, 15) is 9.59 Å². The topological polar surface area (TPSA) is 49.4 Å². The second-order valence-corrected chi connectivity index (χ2v) is 3.44. The van der Waals surface area contributed by atoms with Crippen LogP contribution in [0.4, 0.5) is 5.69 Å². The van der Waals surface area contributed by atoms with Crippen molar-refractivity contribution in [2.45, 2.75) is 0 Å². The summed E-state index contributed by atoms with van der Waals surface area (Å²) in [6.45, 7) is 3.36. The minimum atomic E-state index is -0.334. The summed E-state index contributed by atoms with van der Waals surface area (Å²) in [5, 5.41) is 2.59. The molecule has 1 N–H and O–H groups in total. The van der Waals surface area contributed by atoms with Crippen LogP contribution in [-0.2, 0) is 4.79 Å². The van der Waals surface area contributed by atoms with E-state index in [-0.39, 0.29) is 11.8 Å². The summed E-state index contributed by atoms with van der Waals surface area (Å²) < 4.78 is 0. The normalized spacial score (nSPS) is 9.38.